The Hall–Kier alpha value is -1.16. The maximum atomic E-state index is 12.8. The molecule has 0 aliphatic heterocycles. The molecule has 90 valence electrons. The fourth-order valence-electron chi connectivity index (χ4n) is 2.00. The van der Waals surface area contributed by atoms with Crippen LogP contribution in [0.5, 0.6) is 0 Å². The number of alkyl halides is 2. The molecule has 0 aliphatic carbocycles. The second-order valence-electron chi connectivity index (χ2n) is 3.94. The third-order valence-corrected chi connectivity index (χ3v) is 3.32. The zero-order valence-corrected chi connectivity index (χ0v) is 11.1. The van der Waals surface area contributed by atoms with E-state index in [0.717, 1.165) is 15.9 Å². The van der Waals surface area contributed by atoms with Crippen LogP contribution < -0.4 is 0 Å². The normalized spacial score (nSPS) is 11.2. The first-order chi connectivity index (χ1) is 8.00. The van der Waals surface area contributed by atoms with Crippen LogP contribution in [0.4, 0.5) is 8.78 Å². The minimum atomic E-state index is -2.43. The number of benzene rings is 1. The van der Waals surface area contributed by atoms with Crippen molar-refractivity contribution in [1.29, 1.82) is 0 Å². The van der Waals surface area contributed by atoms with Crippen LogP contribution in [0.2, 0.25) is 0 Å². The molecule has 0 spiro atoms. The molecule has 2 rings (SSSR count). The summed E-state index contributed by atoms with van der Waals surface area (Å²) in [7, 11) is 0. The Morgan fingerprint density at radius 1 is 1.12 bits per heavy atom. The minimum Gasteiger partial charge on any atom is -0.318 e. The van der Waals surface area contributed by atoms with Gasteiger partial charge in [-0.3, -0.25) is 0 Å². The van der Waals surface area contributed by atoms with E-state index in [0.29, 0.717) is 5.69 Å². The van der Waals surface area contributed by atoms with E-state index < -0.39 is 6.43 Å². The van der Waals surface area contributed by atoms with Crippen molar-refractivity contribution in [2.45, 2.75) is 20.3 Å². The second-order valence-corrected chi connectivity index (χ2v) is 4.85. The van der Waals surface area contributed by atoms with Gasteiger partial charge in [0.2, 0.25) is 0 Å². The number of hydrogen-bond donors (Lipinski definition) is 0. The average Bonchev–Trinajstić information content (AvgIpc) is 2.56. The number of halogens is 3. The first-order valence-corrected chi connectivity index (χ1v) is 6.03. The summed E-state index contributed by atoms with van der Waals surface area (Å²) in [6, 6.07) is 9.15. The maximum Gasteiger partial charge on any atom is 0.265 e. The summed E-state index contributed by atoms with van der Waals surface area (Å²) in [5, 5.41) is 0. The summed E-state index contributed by atoms with van der Waals surface area (Å²) in [4.78, 5) is 0. The molecule has 0 unspecified atom stereocenters. The van der Waals surface area contributed by atoms with Crippen LogP contribution in [-0.2, 0) is 0 Å². The van der Waals surface area contributed by atoms with Crippen LogP contribution in [0, 0.1) is 13.8 Å². The summed E-state index contributed by atoms with van der Waals surface area (Å²) >= 11 is 3.35. The standard InChI is InChI=1S/C13H12BrF2N/c1-8-7-12(13(15)16)9(2)17(8)11-5-3-10(14)4-6-11/h3-7,13H,1-2H3. The molecule has 17 heavy (non-hydrogen) atoms. The van der Waals surface area contributed by atoms with Gasteiger partial charge in [-0.2, -0.15) is 0 Å². The minimum absolute atomic E-state index is 0.102. The Morgan fingerprint density at radius 2 is 1.71 bits per heavy atom. The Labute approximate surface area is 107 Å². The predicted octanol–water partition coefficient (Wildman–Crippen LogP) is 4.79. The predicted molar refractivity (Wildman–Crippen MR) is 67.9 cm³/mol. The summed E-state index contributed by atoms with van der Waals surface area (Å²) in [6.07, 6.45) is -2.43. The molecule has 2 aromatic rings. The molecule has 0 atom stereocenters. The number of aryl methyl sites for hydroxylation is 1. The van der Waals surface area contributed by atoms with E-state index in [1.807, 2.05) is 35.8 Å². The van der Waals surface area contributed by atoms with Gasteiger partial charge in [0, 0.05) is 27.1 Å². The highest BCUT2D eigenvalue weighted by molar-refractivity contribution is 9.10. The zero-order chi connectivity index (χ0) is 12.6. The van der Waals surface area contributed by atoms with Gasteiger partial charge in [-0.1, -0.05) is 15.9 Å². The highest BCUT2D eigenvalue weighted by atomic mass is 79.9. The number of hydrogen-bond acceptors (Lipinski definition) is 0. The van der Waals surface area contributed by atoms with E-state index in [-0.39, 0.29) is 5.56 Å². The highest BCUT2D eigenvalue weighted by Crippen LogP contribution is 2.28. The molecule has 1 heterocycles. The van der Waals surface area contributed by atoms with Gasteiger partial charge in [0.25, 0.3) is 6.43 Å². The molecule has 0 bridgehead atoms. The monoisotopic (exact) mass is 299 g/mol. The molecular formula is C13H12BrF2N. The van der Waals surface area contributed by atoms with Crippen LogP contribution >= 0.6 is 15.9 Å². The van der Waals surface area contributed by atoms with Crippen molar-refractivity contribution < 1.29 is 8.78 Å². The van der Waals surface area contributed by atoms with Gasteiger partial charge in [0.05, 0.1) is 0 Å². The van der Waals surface area contributed by atoms with Crippen molar-refractivity contribution in [3.8, 4) is 5.69 Å². The van der Waals surface area contributed by atoms with Gasteiger partial charge >= 0.3 is 0 Å². The molecule has 1 aromatic heterocycles. The van der Waals surface area contributed by atoms with E-state index in [2.05, 4.69) is 15.9 Å². The third kappa shape index (κ3) is 2.27. The van der Waals surface area contributed by atoms with Gasteiger partial charge in [0.1, 0.15) is 0 Å². The molecule has 0 saturated carbocycles. The summed E-state index contributed by atoms with van der Waals surface area (Å²) in [5.74, 6) is 0. The smallest absolute Gasteiger partial charge is 0.265 e. The van der Waals surface area contributed by atoms with Crippen LogP contribution in [0.15, 0.2) is 34.8 Å². The van der Waals surface area contributed by atoms with E-state index >= 15 is 0 Å². The van der Waals surface area contributed by atoms with Crippen molar-refractivity contribution in [3.05, 3.63) is 51.8 Å². The van der Waals surface area contributed by atoms with Crippen LogP contribution in [-0.4, -0.2) is 4.57 Å². The molecule has 0 N–H and O–H groups in total. The van der Waals surface area contributed by atoms with Gasteiger partial charge in [0.15, 0.2) is 0 Å². The summed E-state index contributed by atoms with van der Waals surface area (Å²) in [5.41, 5.74) is 2.42. The summed E-state index contributed by atoms with van der Waals surface area (Å²) < 4.78 is 28.4. The lowest BCUT2D eigenvalue weighted by molar-refractivity contribution is 0.150. The first kappa shape index (κ1) is 12.3. The van der Waals surface area contributed by atoms with Gasteiger partial charge in [-0.15, -0.1) is 0 Å². The van der Waals surface area contributed by atoms with E-state index in [9.17, 15) is 8.78 Å². The molecule has 0 saturated heterocycles. The fraction of sp³-hybridized carbons (Fsp3) is 0.231. The molecule has 1 aromatic carbocycles. The van der Waals surface area contributed by atoms with Crippen molar-refractivity contribution in [2.75, 3.05) is 0 Å². The van der Waals surface area contributed by atoms with E-state index in [4.69, 9.17) is 0 Å². The molecule has 0 amide bonds. The summed E-state index contributed by atoms with van der Waals surface area (Å²) in [6.45, 7) is 3.55. The van der Waals surface area contributed by atoms with Gasteiger partial charge in [-0.25, -0.2) is 8.78 Å². The topological polar surface area (TPSA) is 4.93 Å². The van der Waals surface area contributed by atoms with Crippen LogP contribution in [0.3, 0.4) is 0 Å². The first-order valence-electron chi connectivity index (χ1n) is 5.23. The third-order valence-electron chi connectivity index (χ3n) is 2.79. The van der Waals surface area contributed by atoms with Crippen LogP contribution in [0.25, 0.3) is 5.69 Å². The largest absolute Gasteiger partial charge is 0.318 e. The Balaban J connectivity index is 2.56. The maximum absolute atomic E-state index is 12.8. The molecule has 4 heteroatoms. The van der Waals surface area contributed by atoms with Gasteiger partial charge in [-0.05, 0) is 44.2 Å². The van der Waals surface area contributed by atoms with Crippen molar-refractivity contribution in [3.63, 3.8) is 0 Å². The number of rotatable bonds is 2. The zero-order valence-electron chi connectivity index (χ0n) is 9.55. The molecule has 0 fully saturated rings. The quantitative estimate of drug-likeness (QED) is 0.751. The number of aromatic nitrogens is 1. The Kier molecular flexibility index (Phi) is 3.33. The van der Waals surface area contributed by atoms with E-state index in [1.54, 1.807) is 13.0 Å². The van der Waals surface area contributed by atoms with Gasteiger partial charge < -0.3 is 4.57 Å². The van der Waals surface area contributed by atoms with E-state index in [1.165, 1.54) is 0 Å². The number of nitrogens with zero attached hydrogens (tertiary/aromatic N) is 1. The second kappa shape index (κ2) is 4.61. The SMILES string of the molecule is Cc1cc(C(F)F)c(C)n1-c1ccc(Br)cc1. The van der Waals surface area contributed by atoms with Crippen molar-refractivity contribution in [2.24, 2.45) is 0 Å². The Bertz CT molecular complexity index is 529. The lowest BCUT2D eigenvalue weighted by Gasteiger charge is -2.10. The molecular weight excluding hydrogens is 288 g/mol. The van der Waals surface area contributed by atoms with Crippen molar-refractivity contribution >= 4 is 15.9 Å². The average molecular weight is 300 g/mol. The highest BCUT2D eigenvalue weighted by Gasteiger charge is 2.17. The molecule has 1 nitrogen and oxygen atoms in total. The molecule has 0 aliphatic rings. The van der Waals surface area contributed by atoms with Crippen molar-refractivity contribution in [1.82, 2.24) is 4.57 Å². The fourth-order valence-corrected chi connectivity index (χ4v) is 2.26. The lowest BCUT2D eigenvalue weighted by atomic mass is 10.2. The van der Waals surface area contributed by atoms with Crippen LogP contribution in [0.1, 0.15) is 23.4 Å². The lowest BCUT2D eigenvalue weighted by Crippen LogP contribution is -1.99. The molecule has 0 radical (unpaired) electrons. The Morgan fingerprint density at radius 3 is 2.18 bits per heavy atom.